The standard InChI is InChI=1S/C25H27N3O6S3/c1-4-5-14-27(2)37(32,33)20-10-8-18(9-11-20)24(29)28(17-19-7-6-15-34-19)25-26-22-13-12-21(36(3,30)31)16-23(22)35-25/h6-13,15-16H,4-5,14,17H2,1-3H3. The highest BCUT2D eigenvalue weighted by atomic mass is 32.2. The van der Waals surface area contributed by atoms with E-state index in [0.717, 1.165) is 19.1 Å². The third-order valence-corrected chi connectivity index (χ3v) is 9.81. The lowest BCUT2D eigenvalue weighted by molar-refractivity contribution is 0.0983. The van der Waals surface area contributed by atoms with Crippen LogP contribution in [0, 0.1) is 0 Å². The summed E-state index contributed by atoms with van der Waals surface area (Å²) in [6.07, 6.45) is 4.26. The van der Waals surface area contributed by atoms with Crippen LogP contribution in [0.1, 0.15) is 35.9 Å². The number of furan rings is 1. The van der Waals surface area contributed by atoms with Gasteiger partial charge >= 0.3 is 0 Å². The van der Waals surface area contributed by atoms with Gasteiger partial charge < -0.3 is 4.42 Å². The third kappa shape index (κ3) is 5.93. The van der Waals surface area contributed by atoms with Crippen LogP contribution in [-0.4, -0.2) is 51.9 Å². The van der Waals surface area contributed by atoms with Crippen molar-refractivity contribution >= 4 is 52.5 Å². The first-order chi connectivity index (χ1) is 17.5. The summed E-state index contributed by atoms with van der Waals surface area (Å²) in [6.45, 7) is 2.49. The van der Waals surface area contributed by atoms with Gasteiger partial charge in [0.2, 0.25) is 10.0 Å². The summed E-state index contributed by atoms with van der Waals surface area (Å²) in [5.41, 5.74) is 0.832. The smallest absolute Gasteiger partial charge is 0.260 e. The number of benzene rings is 2. The fourth-order valence-corrected chi connectivity index (χ4v) is 6.56. The Morgan fingerprint density at radius 2 is 1.73 bits per heavy atom. The van der Waals surface area contributed by atoms with Crippen molar-refractivity contribution < 1.29 is 26.0 Å². The summed E-state index contributed by atoms with van der Waals surface area (Å²) in [4.78, 5) is 19.9. The molecule has 0 radical (unpaired) electrons. The summed E-state index contributed by atoms with van der Waals surface area (Å²) in [5.74, 6) is 0.128. The van der Waals surface area contributed by atoms with Crippen molar-refractivity contribution in [2.24, 2.45) is 0 Å². The first-order valence-corrected chi connectivity index (χ1v) is 15.7. The highest BCUT2D eigenvalue weighted by Crippen LogP contribution is 2.32. The lowest BCUT2D eigenvalue weighted by atomic mass is 10.2. The van der Waals surface area contributed by atoms with Crippen molar-refractivity contribution in [1.82, 2.24) is 9.29 Å². The average molecular weight is 562 g/mol. The van der Waals surface area contributed by atoms with Gasteiger partial charge in [0.25, 0.3) is 5.91 Å². The zero-order valence-corrected chi connectivity index (χ0v) is 23.1. The minimum Gasteiger partial charge on any atom is -0.467 e. The van der Waals surface area contributed by atoms with Gasteiger partial charge in [-0.3, -0.25) is 9.69 Å². The summed E-state index contributed by atoms with van der Waals surface area (Å²) in [7, 11) is -5.53. The second kappa shape index (κ2) is 10.7. The van der Waals surface area contributed by atoms with Crippen molar-refractivity contribution in [3.05, 3.63) is 72.2 Å². The predicted octanol–water partition coefficient (Wildman–Crippen LogP) is 4.56. The Bertz CT molecular complexity index is 1610. The summed E-state index contributed by atoms with van der Waals surface area (Å²) in [5, 5.41) is 0.359. The Hall–Kier alpha value is -3.06. The molecule has 12 heteroatoms. The van der Waals surface area contributed by atoms with E-state index in [9.17, 15) is 21.6 Å². The molecule has 2 heterocycles. The highest BCUT2D eigenvalue weighted by molar-refractivity contribution is 7.90. The molecule has 4 rings (SSSR count). The van der Waals surface area contributed by atoms with Gasteiger partial charge in [0, 0.05) is 25.4 Å². The molecule has 9 nitrogen and oxygen atoms in total. The molecule has 4 aromatic rings. The Balaban J connectivity index is 1.68. The monoisotopic (exact) mass is 561 g/mol. The van der Waals surface area contributed by atoms with E-state index in [1.54, 1.807) is 18.2 Å². The molecular weight excluding hydrogens is 534 g/mol. The lowest BCUT2D eigenvalue weighted by Crippen LogP contribution is -2.30. The molecule has 0 unspecified atom stereocenters. The zero-order valence-electron chi connectivity index (χ0n) is 20.6. The number of hydrogen-bond acceptors (Lipinski definition) is 8. The van der Waals surface area contributed by atoms with Crippen molar-refractivity contribution in [1.29, 1.82) is 0 Å². The largest absolute Gasteiger partial charge is 0.467 e. The first-order valence-electron chi connectivity index (χ1n) is 11.5. The maximum absolute atomic E-state index is 13.6. The Morgan fingerprint density at radius 3 is 2.35 bits per heavy atom. The molecule has 0 atom stereocenters. The van der Waals surface area contributed by atoms with Gasteiger partial charge in [-0.15, -0.1) is 0 Å². The van der Waals surface area contributed by atoms with Crippen molar-refractivity contribution in [3.8, 4) is 0 Å². The fraction of sp³-hybridized carbons (Fsp3) is 0.280. The van der Waals surface area contributed by atoms with Crippen molar-refractivity contribution in [2.45, 2.75) is 36.1 Å². The van der Waals surface area contributed by atoms with Crippen molar-refractivity contribution in [3.63, 3.8) is 0 Å². The van der Waals surface area contributed by atoms with Crippen LogP contribution in [0.3, 0.4) is 0 Å². The van der Waals surface area contributed by atoms with E-state index in [-0.39, 0.29) is 21.9 Å². The quantitative estimate of drug-likeness (QED) is 0.279. The van der Waals surface area contributed by atoms with E-state index < -0.39 is 25.8 Å². The predicted molar refractivity (Wildman–Crippen MR) is 143 cm³/mol. The number of rotatable bonds is 10. The molecule has 196 valence electrons. The van der Waals surface area contributed by atoms with Gasteiger partial charge in [0.05, 0.1) is 32.8 Å². The van der Waals surface area contributed by atoms with Gasteiger partial charge in [-0.1, -0.05) is 24.7 Å². The maximum atomic E-state index is 13.6. The van der Waals surface area contributed by atoms with Crippen LogP contribution >= 0.6 is 11.3 Å². The number of sulfone groups is 1. The van der Waals surface area contributed by atoms with Crippen LogP contribution in [0.5, 0.6) is 0 Å². The molecule has 2 aromatic heterocycles. The van der Waals surface area contributed by atoms with Crippen LogP contribution < -0.4 is 4.90 Å². The van der Waals surface area contributed by atoms with Crippen molar-refractivity contribution in [2.75, 3.05) is 24.7 Å². The minimum absolute atomic E-state index is 0.0877. The third-order valence-electron chi connectivity index (χ3n) is 5.78. The van der Waals surface area contributed by atoms with E-state index in [4.69, 9.17) is 4.42 Å². The zero-order chi connectivity index (χ0) is 26.8. The Kier molecular flexibility index (Phi) is 7.83. The van der Waals surface area contributed by atoms with Gasteiger partial charge in [-0.2, -0.15) is 0 Å². The molecule has 0 N–H and O–H groups in total. The number of fused-ring (bicyclic) bond motifs is 1. The maximum Gasteiger partial charge on any atom is 0.260 e. The molecule has 2 aromatic carbocycles. The Morgan fingerprint density at radius 1 is 1.03 bits per heavy atom. The number of anilines is 1. The lowest BCUT2D eigenvalue weighted by Gasteiger charge is -2.20. The molecule has 0 fully saturated rings. The number of sulfonamides is 1. The second-order valence-electron chi connectivity index (χ2n) is 8.57. The second-order valence-corrected chi connectivity index (χ2v) is 13.6. The molecule has 0 aliphatic heterocycles. The molecule has 0 bridgehead atoms. The number of nitrogens with zero attached hydrogens (tertiary/aromatic N) is 3. The molecule has 0 aliphatic carbocycles. The normalized spacial score (nSPS) is 12.3. The van der Waals surface area contributed by atoms with E-state index in [0.29, 0.717) is 27.7 Å². The van der Waals surface area contributed by atoms with Gasteiger partial charge in [-0.25, -0.2) is 26.1 Å². The summed E-state index contributed by atoms with van der Waals surface area (Å²) < 4.78 is 57.0. The number of amides is 1. The Labute approximate surface area is 220 Å². The molecule has 0 aliphatic rings. The van der Waals surface area contributed by atoms with Gasteiger partial charge in [-0.05, 0) is 61.0 Å². The van der Waals surface area contributed by atoms with Gasteiger partial charge in [0.15, 0.2) is 15.0 Å². The van der Waals surface area contributed by atoms with Crippen LogP contribution in [0.15, 0.2) is 75.1 Å². The molecular formula is C25H27N3O6S3. The first kappa shape index (κ1) is 27.0. The molecule has 1 amide bonds. The van der Waals surface area contributed by atoms with E-state index >= 15 is 0 Å². The van der Waals surface area contributed by atoms with Crippen LogP contribution in [0.2, 0.25) is 0 Å². The average Bonchev–Trinajstić information content (AvgIpc) is 3.54. The summed E-state index contributed by atoms with van der Waals surface area (Å²) in [6, 6.07) is 13.9. The number of thiazole rings is 1. The highest BCUT2D eigenvalue weighted by Gasteiger charge is 2.25. The number of aromatic nitrogens is 1. The van der Waals surface area contributed by atoms with E-state index in [1.807, 2.05) is 6.92 Å². The molecule has 0 saturated carbocycles. The minimum atomic E-state index is -3.67. The fourth-order valence-electron chi connectivity index (χ4n) is 3.63. The van der Waals surface area contributed by atoms with E-state index in [2.05, 4.69) is 4.98 Å². The molecule has 0 spiro atoms. The van der Waals surface area contributed by atoms with Crippen LogP contribution in [0.4, 0.5) is 5.13 Å². The number of carbonyl (C=O) groups is 1. The summed E-state index contributed by atoms with van der Waals surface area (Å²) >= 11 is 1.18. The van der Waals surface area contributed by atoms with Crippen LogP contribution in [-0.2, 0) is 26.4 Å². The SMILES string of the molecule is CCCCN(C)S(=O)(=O)c1ccc(C(=O)N(Cc2ccco2)c2nc3ccc(S(C)(=O)=O)cc3s2)cc1. The molecule has 0 saturated heterocycles. The number of unbranched alkanes of at least 4 members (excludes halogenated alkanes) is 1. The number of hydrogen-bond donors (Lipinski definition) is 0. The number of carbonyl (C=O) groups excluding carboxylic acids is 1. The topological polar surface area (TPSA) is 118 Å². The molecule has 37 heavy (non-hydrogen) atoms. The van der Waals surface area contributed by atoms with Crippen LogP contribution in [0.25, 0.3) is 10.2 Å². The van der Waals surface area contributed by atoms with Gasteiger partial charge in [0.1, 0.15) is 5.76 Å². The van der Waals surface area contributed by atoms with E-state index in [1.165, 1.54) is 70.3 Å².